The number of methoxy groups -OCH3 is 1. The topological polar surface area (TPSA) is 71.3 Å². The summed E-state index contributed by atoms with van der Waals surface area (Å²) in [5.41, 5.74) is 2.78. The monoisotopic (exact) mass is 466 g/mol. The van der Waals surface area contributed by atoms with Gasteiger partial charge in [0.05, 0.1) is 12.1 Å². The highest BCUT2D eigenvalue weighted by Crippen LogP contribution is 2.38. The van der Waals surface area contributed by atoms with Gasteiger partial charge >= 0.3 is 0 Å². The summed E-state index contributed by atoms with van der Waals surface area (Å²) in [4.78, 5) is 12.6. The summed E-state index contributed by atoms with van der Waals surface area (Å²) in [6.45, 7) is 2.07. The second kappa shape index (κ2) is 10.7. The first-order chi connectivity index (χ1) is 15.4. The fraction of sp³-hybridized carbons (Fsp3) is 0.120. The average Bonchev–Trinajstić information content (AvgIpc) is 2.78. The molecule has 32 heavy (non-hydrogen) atoms. The number of carbonyl (C=O) groups is 1. The van der Waals surface area contributed by atoms with Gasteiger partial charge in [-0.05, 0) is 48.4 Å². The SMILES string of the molecule is COc1cc(/C=C(/C#N)C(=O)Nc2ccccc2C)cc(Cl)c1OCc1ccccc1Cl. The van der Waals surface area contributed by atoms with Gasteiger partial charge < -0.3 is 14.8 Å². The highest BCUT2D eigenvalue weighted by atomic mass is 35.5. The summed E-state index contributed by atoms with van der Waals surface area (Å²) < 4.78 is 11.3. The maximum absolute atomic E-state index is 12.6. The van der Waals surface area contributed by atoms with Crippen LogP contribution >= 0.6 is 23.2 Å². The third-order valence-corrected chi connectivity index (χ3v) is 5.30. The molecule has 7 heteroatoms. The number of para-hydroxylation sites is 1. The van der Waals surface area contributed by atoms with Gasteiger partial charge in [0.15, 0.2) is 11.5 Å². The molecular formula is C25H20Cl2N2O3. The van der Waals surface area contributed by atoms with Crippen molar-refractivity contribution < 1.29 is 14.3 Å². The molecule has 0 bridgehead atoms. The van der Waals surface area contributed by atoms with Crippen LogP contribution in [-0.2, 0) is 11.4 Å². The maximum Gasteiger partial charge on any atom is 0.266 e. The number of carbonyl (C=O) groups excluding carboxylic acids is 1. The largest absolute Gasteiger partial charge is 0.493 e. The van der Waals surface area contributed by atoms with Gasteiger partial charge in [-0.3, -0.25) is 4.79 Å². The van der Waals surface area contributed by atoms with Gasteiger partial charge in [0.1, 0.15) is 18.2 Å². The van der Waals surface area contributed by atoms with Gasteiger partial charge in [-0.2, -0.15) is 5.26 Å². The summed E-state index contributed by atoms with van der Waals surface area (Å²) in [5.74, 6) is 0.192. The van der Waals surface area contributed by atoms with Crippen LogP contribution in [0.2, 0.25) is 10.0 Å². The van der Waals surface area contributed by atoms with E-state index in [9.17, 15) is 10.1 Å². The minimum Gasteiger partial charge on any atom is -0.493 e. The number of halogens is 2. The summed E-state index contributed by atoms with van der Waals surface area (Å²) in [6, 6.07) is 19.8. The van der Waals surface area contributed by atoms with Crippen molar-refractivity contribution in [2.45, 2.75) is 13.5 Å². The van der Waals surface area contributed by atoms with Crippen LogP contribution in [0.15, 0.2) is 66.2 Å². The number of nitrogens with zero attached hydrogens (tertiary/aromatic N) is 1. The Bertz CT molecular complexity index is 1220. The molecule has 3 rings (SSSR count). The lowest BCUT2D eigenvalue weighted by Crippen LogP contribution is -2.14. The Kier molecular flexibility index (Phi) is 7.77. The first-order valence-corrected chi connectivity index (χ1v) is 10.4. The van der Waals surface area contributed by atoms with Crippen molar-refractivity contribution in [3.8, 4) is 17.6 Å². The standard InChI is InChI=1S/C25H20Cl2N2O3/c1-16-7-3-6-10-22(16)29-25(30)19(14-28)11-17-12-21(27)24(23(13-17)31-2)32-15-18-8-4-5-9-20(18)26/h3-13H,15H2,1-2H3,(H,29,30)/b19-11-. The van der Waals surface area contributed by atoms with E-state index in [2.05, 4.69) is 5.32 Å². The van der Waals surface area contributed by atoms with Crippen LogP contribution in [0.4, 0.5) is 5.69 Å². The van der Waals surface area contributed by atoms with E-state index in [1.165, 1.54) is 13.2 Å². The van der Waals surface area contributed by atoms with E-state index in [4.69, 9.17) is 32.7 Å². The van der Waals surface area contributed by atoms with Gasteiger partial charge in [-0.25, -0.2) is 0 Å². The summed E-state index contributed by atoms with van der Waals surface area (Å²) in [7, 11) is 1.48. The number of hydrogen-bond donors (Lipinski definition) is 1. The molecule has 5 nitrogen and oxygen atoms in total. The third kappa shape index (κ3) is 5.61. The minimum absolute atomic E-state index is 0.0730. The fourth-order valence-corrected chi connectivity index (χ4v) is 3.41. The third-order valence-electron chi connectivity index (χ3n) is 4.65. The fourth-order valence-electron chi connectivity index (χ4n) is 2.95. The Balaban J connectivity index is 1.84. The molecule has 0 spiro atoms. The lowest BCUT2D eigenvalue weighted by molar-refractivity contribution is -0.112. The number of amides is 1. The smallest absolute Gasteiger partial charge is 0.266 e. The van der Waals surface area contributed by atoms with Crippen molar-refractivity contribution in [1.29, 1.82) is 5.26 Å². The number of nitrogens with one attached hydrogen (secondary N) is 1. The minimum atomic E-state index is -0.518. The van der Waals surface area contributed by atoms with Crippen molar-refractivity contribution in [3.05, 3.63) is 93.0 Å². The summed E-state index contributed by atoms with van der Waals surface area (Å²) >= 11 is 12.6. The molecule has 0 radical (unpaired) electrons. The second-order valence-corrected chi connectivity index (χ2v) is 7.67. The number of nitriles is 1. The van der Waals surface area contributed by atoms with Crippen molar-refractivity contribution in [2.24, 2.45) is 0 Å². The first kappa shape index (κ1) is 23.2. The Morgan fingerprint density at radius 2 is 1.81 bits per heavy atom. The van der Waals surface area contributed by atoms with Crippen molar-refractivity contribution >= 4 is 40.9 Å². The predicted octanol–water partition coefficient (Wildman–Crippen LogP) is 6.44. The van der Waals surface area contributed by atoms with Gasteiger partial charge in [0, 0.05) is 16.3 Å². The quantitative estimate of drug-likeness (QED) is 0.321. The maximum atomic E-state index is 12.6. The Morgan fingerprint density at radius 3 is 2.50 bits per heavy atom. The lowest BCUT2D eigenvalue weighted by atomic mass is 10.1. The van der Waals surface area contributed by atoms with E-state index in [0.717, 1.165) is 11.1 Å². The highest BCUT2D eigenvalue weighted by Gasteiger charge is 2.15. The number of ether oxygens (including phenoxy) is 2. The van der Waals surface area contributed by atoms with E-state index in [-0.39, 0.29) is 17.2 Å². The molecule has 0 saturated carbocycles. The molecule has 162 valence electrons. The van der Waals surface area contributed by atoms with Crippen molar-refractivity contribution in [3.63, 3.8) is 0 Å². The number of anilines is 1. The molecule has 0 heterocycles. The zero-order chi connectivity index (χ0) is 23.1. The number of benzene rings is 3. The van der Waals surface area contributed by atoms with Crippen LogP contribution in [0.1, 0.15) is 16.7 Å². The molecule has 1 N–H and O–H groups in total. The molecule has 0 unspecified atom stereocenters. The Hall–Kier alpha value is -3.46. The average molecular weight is 467 g/mol. The molecule has 0 aromatic heterocycles. The van der Waals surface area contributed by atoms with Crippen LogP contribution in [-0.4, -0.2) is 13.0 Å². The van der Waals surface area contributed by atoms with Gasteiger partial charge in [-0.15, -0.1) is 0 Å². The molecular weight excluding hydrogens is 447 g/mol. The molecule has 0 aliphatic rings. The zero-order valence-electron chi connectivity index (χ0n) is 17.5. The van der Waals surface area contributed by atoms with Crippen molar-refractivity contribution in [1.82, 2.24) is 0 Å². The Morgan fingerprint density at radius 1 is 1.09 bits per heavy atom. The molecule has 3 aromatic rings. The van der Waals surface area contributed by atoms with Crippen LogP contribution in [0, 0.1) is 18.3 Å². The Labute approximate surface area is 196 Å². The predicted molar refractivity (Wildman–Crippen MR) is 127 cm³/mol. The van der Waals surface area contributed by atoms with Crippen LogP contribution < -0.4 is 14.8 Å². The second-order valence-electron chi connectivity index (χ2n) is 6.85. The van der Waals surface area contributed by atoms with Crippen LogP contribution in [0.25, 0.3) is 6.08 Å². The van der Waals surface area contributed by atoms with E-state index < -0.39 is 5.91 Å². The van der Waals surface area contributed by atoms with Gasteiger partial charge in [-0.1, -0.05) is 59.6 Å². The van der Waals surface area contributed by atoms with Gasteiger partial charge in [0.25, 0.3) is 5.91 Å². The molecule has 0 aliphatic carbocycles. The molecule has 0 atom stereocenters. The lowest BCUT2D eigenvalue weighted by Gasteiger charge is -2.14. The number of hydrogen-bond acceptors (Lipinski definition) is 4. The molecule has 0 fully saturated rings. The van der Waals surface area contributed by atoms with Crippen molar-refractivity contribution in [2.75, 3.05) is 12.4 Å². The molecule has 3 aromatic carbocycles. The van der Waals surface area contributed by atoms with E-state index in [0.29, 0.717) is 27.8 Å². The van der Waals surface area contributed by atoms with Crippen LogP contribution in [0.5, 0.6) is 11.5 Å². The van der Waals surface area contributed by atoms with Gasteiger partial charge in [0.2, 0.25) is 0 Å². The molecule has 0 saturated heterocycles. The zero-order valence-corrected chi connectivity index (χ0v) is 19.0. The highest BCUT2D eigenvalue weighted by molar-refractivity contribution is 6.32. The number of aryl methyl sites for hydroxylation is 1. The molecule has 0 aliphatic heterocycles. The van der Waals surface area contributed by atoms with E-state index >= 15 is 0 Å². The molecule has 1 amide bonds. The first-order valence-electron chi connectivity index (χ1n) is 9.65. The van der Waals surface area contributed by atoms with E-state index in [1.807, 2.05) is 49.4 Å². The normalized spacial score (nSPS) is 10.9. The van der Waals surface area contributed by atoms with Crippen LogP contribution in [0.3, 0.4) is 0 Å². The summed E-state index contributed by atoms with van der Waals surface area (Å²) in [5, 5.41) is 13.1. The van der Waals surface area contributed by atoms with E-state index in [1.54, 1.807) is 24.3 Å². The summed E-state index contributed by atoms with van der Waals surface area (Å²) in [6.07, 6.45) is 1.44. The number of rotatable bonds is 7.